The summed E-state index contributed by atoms with van der Waals surface area (Å²) in [5.74, 6) is 0. The number of para-hydroxylation sites is 1. The Hall–Kier alpha value is -2.35. The van der Waals surface area contributed by atoms with Crippen molar-refractivity contribution in [2.24, 2.45) is 0 Å². The second kappa shape index (κ2) is 4.39. The number of aromatic amines is 1. The van der Waals surface area contributed by atoms with Crippen LogP contribution in [0.15, 0.2) is 53.3 Å². The van der Waals surface area contributed by atoms with Crippen molar-refractivity contribution in [3.05, 3.63) is 70.0 Å². The Labute approximate surface area is 111 Å². The molecular formula is C17H15NO. The van der Waals surface area contributed by atoms with Crippen molar-refractivity contribution >= 4 is 10.9 Å². The van der Waals surface area contributed by atoms with E-state index in [2.05, 4.69) is 37.0 Å². The molecule has 1 N–H and O–H groups in total. The van der Waals surface area contributed by atoms with E-state index in [1.807, 2.05) is 24.3 Å². The van der Waals surface area contributed by atoms with Gasteiger partial charge < -0.3 is 4.98 Å². The Morgan fingerprint density at radius 2 is 1.58 bits per heavy atom. The van der Waals surface area contributed by atoms with Crippen LogP contribution in [0, 0.1) is 13.8 Å². The maximum Gasteiger partial charge on any atom is 0.249 e. The molecule has 3 rings (SSSR count). The standard InChI is InChI=1S/C17H15NO/c1-11-7-12(2)9-13(8-11)15-10-17(19)18-16-6-4-3-5-14(15)16/h3-10H,1-2H3,(H,18,19). The van der Waals surface area contributed by atoms with E-state index in [4.69, 9.17) is 0 Å². The summed E-state index contributed by atoms with van der Waals surface area (Å²) >= 11 is 0. The highest BCUT2D eigenvalue weighted by Crippen LogP contribution is 2.27. The number of benzene rings is 2. The number of hydrogen-bond donors (Lipinski definition) is 1. The second-order valence-corrected chi connectivity index (χ2v) is 4.97. The molecule has 0 radical (unpaired) electrons. The molecule has 0 amide bonds. The molecule has 94 valence electrons. The number of H-pyrrole nitrogens is 1. The highest BCUT2D eigenvalue weighted by molar-refractivity contribution is 5.94. The summed E-state index contributed by atoms with van der Waals surface area (Å²) in [7, 11) is 0. The zero-order chi connectivity index (χ0) is 13.4. The predicted octanol–water partition coefficient (Wildman–Crippen LogP) is 3.81. The van der Waals surface area contributed by atoms with E-state index in [1.54, 1.807) is 6.07 Å². The lowest BCUT2D eigenvalue weighted by atomic mass is 9.98. The molecule has 0 atom stereocenters. The largest absolute Gasteiger partial charge is 0.322 e. The van der Waals surface area contributed by atoms with E-state index < -0.39 is 0 Å². The number of hydrogen-bond acceptors (Lipinski definition) is 1. The normalized spacial score (nSPS) is 10.8. The van der Waals surface area contributed by atoms with Crippen LogP contribution in [0.3, 0.4) is 0 Å². The summed E-state index contributed by atoms with van der Waals surface area (Å²) < 4.78 is 0. The Kier molecular flexibility index (Phi) is 2.71. The first kappa shape index (κ1) is 11.7. The third-order valence-electron chi connectivity index (χ3n) is 3.28. The third kappa shape index (κ3) is 2.17. The minimum atomic E-state index is -0.0622. The predicted molar refractivity (Wildman–Crippen MR) is 79.5 cm³/mol. The van der Waals surface area contributed by atoms with E-state index in [0.29, 0.717) is 0 Å². The molecule has 0 fully saturated rings. The van der Waals surface area contributed by atoms with Gasteiger partial charge in [-0.05, 0) is 31.0 Å². The topological polar surface area (TPSA) is 32.9 Å². The van der Waals surface area contributed by atoms with Gasteiger partial charge in [-0.25, -0.2) is 0 Å². The van der Waals surface area contributed by atoms with E-state index in [0.717, 1.165) is 22.0 Å². The SMILES string of the molecule is Cc1cc(C)cc(-c2cc(=O)[nH]c3ccccc23)c1. The van der Waals surface area contributed by atoms with Crippen molar-refractivity contribution in [2.45, 2.75) is 13.8 Å². The molecule has 0 spiro atoms. The maximum atomic E-state index is 11.8. The van der Waals surface area contributed by atoms with E-state index >= 15 is 0 Å². The summed E-state index contributed by atoms with van der Waals surface area (Å²) in [6, 6.07) is 16.0. The molecule has 2 aromatic carbocycles. The van der Waals surface area contributed by atoms with Crippen molar-refractivity contribution in [3.8, 4) is 11.1 Å². The summed E-state index contributed by atoms with van der Waals surface area (Å²) in [6.07, 6.45) is 0. The van der Waals surface area contributed by atoms with Gasteiger partial charge in [0.15, 0.2) is 0 Å². The Bertz CT molecular complexity index is 795. The maximum absolute atomic E-state index is 11.8. The van der Waals surface area contributed by atoms with Crippen LogP contribution in [0.4, 0.5) is 0 Å². The molecule has 0 saturated carbocycles. The molecule has 0 aliphatic carbocycles. The van der Waals surface area contributed by atoms with Gasteiger partial charge in [0.05, 0.1) is 0 Å². The van der Waals surface area contributed by atoms with Gasteiger partial charge >= 0.3 is 0 Å². The molecule has 0 saturated heterocycles. The lowest BCUT2D eigenvalue weighted by molar-refractivity contribution is 1.30. The first-order valence-electron chi connectivity index (χ1n) is 6.34. The zero-order valence-electron chi connectivity index (χ0n) is 11.0. The molecular weight excluding hydrogens is 234 g/mol. The van der Waals surface area contributed by atoms with Gasteiger partial charge in [-0.2, -0.15) is 0 Å². The molecule has 1 heterocycles. The van der Waals surface area contributed by atoms with Crippen LogP contribution in [-0.4, -0.2) is 4.98 Å². The molecule has 3 aromatic rings. The monoisotopic (exact) mass is 249 g/mol. The van der Waals surface area contributed by atoms with Gasteiger partial charge in [-0.15, -0.1) is 0 Å². The lowest BCUT2D eigenvalue weighted by Crippen LogP contribution is -2.04. The number of fused-ring (bicyclic) bond motifs is 1. The number of rotatable bonds is 1. The van der Waals surface area contributed by atoms with Gasteiger partial charge in [0, 0.05) is 17.0 Å². The van der Waals surface area contributed by atoms with E-state index in [1.165, 1.54) is 11.1 Å². The summed E-state index contributed by atoms with van der Waals surface area (Å²) in [5, 5.41) is 1.08. The quantitative estimate of drug-likeness (QED) is 0.699. The smallest absolute Gasteiger partial charge is 0.249 e. The Morgan fingerprint density at radius 1 is 0.895 bits per heavy atom. The van der Waals surface area contributed by atoms with Crippen molar-refractivity contribution in [2.75, 3.05) is 0 Å². The fourth-order valence-electron chi connectivity index (χ4n) is 2.57. The van der Waals surface area contributed by atoms with Crippen molar-refractivity contribution in [3.63, 3.8) is 0 Å². The molecule has 0 aliphatic rings. The second-order valence-electron chi connectivity index (χ2n) is 4.97. The highest BCUT2D eigenvalue weighted by atomic mass is 16.1. The van der Waals surface area contributed by atoms with Gasteiger partial charge in [-0.3, -0.25) is 4.79 Å². The van der Waals surface area contributed by atoms with Crippen LogP contribution >= 0.6 is 0 Å². The van der Waals surface area contributed by atoms with Crippen LogP contribution in [0.5, 0.6) is 0 Å². The average Bonchev–Trinajstić information content (AvgIpc) is 2.36. The highest BCUT2D eigenvalue weighted by Gasteiger charge is 2.06. The first-order chi connectivity index (χ1) is 9.13. The van der Waals surface area contributed by atoms with Gasteiger partial charge in [0.25, 0.3) is 0 Å². The lowest BCUT2D eigenvalue weighted by Gasteiger charge is -2.08. The van der Waals surface area contributed by atoms with E-state index in [9.17, 15) is 4.79 Å². The molecule has 2 heteroatoms. The number of aryl methyl sites for hydroxylation is 2. The Balaban J connectivity index is 2.38. The molecule has 0 bridgehead atoms. The van der Waals surface area contributed by atoms with Gasteiger partial charge in [0.1, 0.15) is 0 Å². The number of pyridine rings is 1. The van der Waals surface area contributed by atoms with Crippen molar-refractivity contribution in [1.29, 1.82) is 0 Å². The summed E-state index contributed by atoms with van der Waals surface area (Å²) in [5.41, 5.74) is 5.32. The fraction of sp³-hybridized carbons (Fsp3) is 0.118. The van der Waals surface area contributed by atoms with E-state index in [-0.39, 0.29) is 5.56 Å². The van der Waals surface area contributed by atoms with Crippen molar-refractivity contribution in [1.82, 2.24) is 4.98 Å². The molecule has 19 heavy (non-hydrogen) atoms. The molecule has 0 unspecified atom stereocenters. The van der Waals surface area contributed by atoms with Crippen LogP contribution in [-0.2, 0) is 0 Å². The third-order valence-corrected chi connectivity index (χ3v) is 3.28. The summed E-state index contributed by atoms with van der Waals surface area (Å²) in [6.45, 7) is 4.15. The molecule has 2 nitrogen and oxygen atoms in total. The zero-order valence-corrected chi connectivity index (χ0v) is 11.0. The van der Waals surface area contributed by atoms with Crippen LogP contribution in [0.2, 0.25) is 0 Å². The molecule has 0 aliphatic heterocycles. The first-order valence-corrected chi connectivity index (χ1v) is 6.34. The minimum Gasteiger partial charge on any atom is -0.322 e. The molecule has 1 aromatic heterocycles. The van der Waals surface area contributed by atoms with Crippen LogP contribution in [0.1, 0.15) is 11.1 Å². The summed E-state index contributed by atoms with van der Waals surface area (Å²) in [4.78, 5) is 14.7. The van der Waals surface area contributed by atoms with Gasteiger partial charge in [0.2, 0.25) is 5.56 Å². The van der Waals surface area contributed by atoms with Gasteiger partial charge in [-0.1, -0.05) is 47.5 Å². The van der Waals surface area contributed by atoms with Crippen molar-refractivity contribution < 1.29 is 0 Å². The fourth-order valence-corrected chi connectivity index (χ4v) is 2.57. The number of nitrogens with one attached hydrogen (secondary N) is 1. The minimum absolute atomic E-state index is 0.0622. The average molecular weight is 249 g/mol. The Morgan fingerprint density at radius 3 is 2.32 bits per heavy atom. The number of aromatic nitrogens is 1. The van der Waals surface area contributed by atoms with Crippen LogP contribution < -0.4 is 5.56 Å². The van der Waals surface area contributed by atoms with Crippen LogP contribution in [0.25, 0.3) is 22.0 Å².